The summed E-state index contributed by atoms with van der Waals surface area (Å²) in [5.41, 5.74) is 21.5. The van der Waals surface area contributed by atoms with Crippen LogP contribution in [-0.4, -0.2) is 13.7 Å². The summed E-state index contributed by atoms with van der Waals surface area (Å²) >= 11 is 2.47. The Balaban J connectivity index is 1.17. The summed E-state index contributed by atoms with van der Waals surface area (Å²) in [4.78, 5) is 0. The second-order valence-electron chi connectivity index (χ2n) is 14.1. The summed E-state index contributed by atoms with van der Waals surface area (Å²) in [5, 5.41) is 6.17. The van der Waals surface area contributed by atoms with Crippen molar-refractivity contribution in [2.45, 2.75) is 20.3 Å². The number of para-hydroxylation sites is 3. The van der Waals surface area contributed by atoms with Crippen LogP contribution in [0.2, 0.25) is 0 Å². The molecule has 0 fully saturated rings. The monoisotopic (exact) mass is 808 g/mol. The lowest BCUT2D eigenvalue weighted by molar-refractivity contribution is 1.07. The minimum atomic E-state index is 1.02. The predicted octanol–water partition coefficient (Wildman–Crippen LogP) is 12.9. The Hall–Kier alpha value is -6.05. The van der Waals surface area contributed by atoms with Gasteiger partial charge in [0.2, 0.25) is 0 Å². The van der Waals surface area contributed by atoms with Crippen LogP contribution < -0.4 is 5.73 Å². The number of hydrogen-bond acceptors (Lipinski definition) is 1. The highest BCUT2D eigenvalue weighted by molar-refractivity contribution is 14.1. The summed E-state index contributed by atoms with van der Waals surface area (Å²) in [5.74, 6) is 0. The molecule has 5 heteroatoms. The third-order valence-corrected chi connectivity index (χ3v) is 12.1. The van der Waals surface area contributed by atoms with Crippen LogP contribution in [0.15, 0.2) is 158 Å². The Morgan fingerprint density at radius 2 is 1.13 bits per heavy atom. The molecule has 7 aromatic carbocycles. The van der Waals surface area contributed by atoms with Crippen molar-refractivity contribution in [1.29, 1.82) is 0 Å². The van der Waals surface area contributed by atoms with Gasteiger partial charge in [0.1, 0.15) is 0 Å². The van der Waals surface area contributed by atoms with Crippen molar-refractivity contribution in [3.8, 4) is 28.2 Å². The second kappa shape index (κ2) is 12.8. The maximum absolute atomic E-state index is 6.05. The molecule has 0 aliphatic heterocycles. The van der Waals surface area contributed by atoms with Gasteiger partial charge < -0.3 is 19.4 Å². The maximum atomic E-state index is 6.05. The molecule has 0 radical (unpaired) electrons. The molecule has 260 valence electrons. The van der Waals surface area contributed by atoms with E-state index in [0.29, 0.717) is 0 Å². The first kappa shape index (κ1) is 32.6. The van der Waals surface area contributed by atoms with Crippen LogP contribution in [0, 0.1) is 10.6 Å². The number of hydrogen-bond donors (Lipinski definition) is 1. The molecule has 0 amide bonds. The topological polar surface area (TPSA) is 40.8 Å². The molecule has 0 spiro atoms. The van der Waals surface area contributed by atoms with Gasteiger partial charge in [-0.2, -0.15) is 0 Å². The van der Waals surface area contributed by atoms with Crippen LogP contribution in [0.1, 0.15) is 23.6 Å². The van der Waals surface area contributed by atoms with Crippen molar-refractivity contribution in [3.63, 3.8) is 0 Å². The second-order valence-corrected chi connectivity index (χ2v) is 15.1. The Morgan fingerprint density at radius 1 is 0.537 bits per heavy atom. The Kier molecular flexibility index (Phi) is 7.73. The fraction of sp³-hybridized carbons (Fsp3) is 0.0612. The van der Waals surface area contributed by atoms with Crippen molar-refractivity contribution in [3.05, 3.63) is 178 Å². The molecule has 0 atom stereocenters. The number of fused-ring (bicyclic) bond motifs is 7. The van der Waals surface area contributed by atoms with E-state index < -0.39 is 0 Å². The summed E-state index contributed by atoms with van der Waals surface area (Å²) in [6.07, 6.45) is 4.69. The number of halogens is 1. The summed E-state index contributed by atoms with van der Waals surface area (Å²) < 4.78 is 8.32. The lowest BCUT2D eigenvalue weighted by atomic mass is 10.0. The first-order valence-corrected chi connectivity index (χ1v) is 19.6. The summed E-state index contributed by atoms with van der Waals surface area (Å²) in [6, 6.07) is 55.8. The zero-order valence-corrected chi connectivity index (χ0v) is 32.3. The molecule has 3 aromatic heterocycles. The van der Waals surface area contributed by atoms with Crippen molar-refractivity contribution in [2.24, 2.45) is 5.73 Å². The standard InChI is InChI=1S/C49H37IN4/c1-3-32-17-20-34(21-18-32)53-47-24-19-33(29-41(47)39(26-27-51)49(53)50)36-10-4-7-13-43(36)54-45-15-9-6-12-38(45)42-30-35(22-25-48(42)54)52-44-14-8-5-11-37(44)40-28-31(2)16-23-46(40)52/h4-30H,3,51H2,1-2H3/b27-26-. The van der Waals surface area contributed by atoms with Gasteiger partial charge in [-0.1, -0.05) is 91.3 Å². The molecular formula is C49H37IN4. The average molecular weight is 809 g/mol. The van der Waals surface area contributed by atoms with E-state index in [4.69, 9.17) is 5.73 Å². The molecule has 2 N–H and O–H groups in total. The molecule has 0 saturated heterocycles. The van der Waals surface area contributed by atoms with Crippen molar-refractivity contribution >= 4 is 83.2 Å². The van der Waals surface area contributed by atoms with E-state index in [-0.39, 0.29) is 0 Å². The fourth-order valence-corrected chi connectivity index (χ4v) is 9.49. The van der Waals surface area contributed by atoms with Gasteiger partial charge in [-0.3, -0.25) is 0 Å². The molecular weight excluding hydrogens is 771 g/mol. The van der Waals surface area contributed by atoms with Gasteiger partial charge in [-0.15, -0.1) is 0 Å². The number of rotatable bonds is 6. The van der Waals surface area contributed by atoms with Gasteiger partial charge in [0, 0.05) is 49.4 Å². The number of nitrogens with zero attached hydrogens (tertiary/aromatic N) is 3. The minimum absolute atomic E-state index is 1.02. The van der Waals surface area contributed by atoms with Crippen LogP contribution in [0.4, 0.5) is 0 Å². The normalized spacial score (nSPS) is 12.1. The highest BCUT2D eigenvalue weighted by Crippen LogP contribution is 2.41. The van der Waals surface area contributed by atoms with Crippen molar-refractivity contribution in [1.82, 2.24) is 13.7 Å². The van der Waals surface area contributed by atoms with Crippen LogP contribution in [0.5, 0.6) is 0 Å². The zero-order valence-electron chi connectivity index (χ0n) is 30.1. The maximum Gasteiger partial charge on any atom is 0.0929 e. The Morgan fingerprint density at radius 3 is 1.89 bits per heavy atom. The predicted molar refractivity (Wildman–Crippen MR) is 237 cm³/mol. The summed E-state index contributed by atoms with van der Waals surface area (Å²) in [6.45, 7) is 4.36. The smallest absolute Gasteiger partial charge is 0.0929 e. The molecule has 3 heterocycles. The molecule has 0 unspecified atom stereocenters. The lowest BCUT2D eigenvalue weighted by Gasteiger charge is -2.15. The molecule has 0 aliphatic rings. The van der Waals surface area contributed by atoms with Gasteiger partial charge in [0.05, 0.1) is 37.0 Å². The number of aryl methyl sites for hydroxylation is 2. The quantitative estimate of drug-likeness (QED) is 0.167. The molecule has 10 aromatic rings. The number of nitrogens with two attached hydrogens (primary N) is 1. The number of benzene rings is 7. The van der Waals surface area contributed by atoms with Gasteiger partial charge in [-0.05, 0) is 132 Å². The van der Waals surface area contributed by atoms with E-state index >= 15 is 0 Å². The van der Waals surface area contributed by atoms with E-state index in [1.807, 2.05) is 6.08 Å². The van der Waals surface area contributed by atoms with E-state index in [9.17, 15) is 0 Å². The lowest BCUT2D eigenvalue weighted by Crippen LogP contribution is -1.98. The highest BCUT2D eigenvalue weighted by atomic mass is 127. The van der Waals surface area contributed by atoms with E-state index in [1.165, 1.54) is 65.7 Å². The van der Waals surface area contributed by atoms with E-state index in [2.05, 4.69) is 202 Å². The molecule has 0 aliphatic carbocycles. The van der Waals surface area contributed by atoms with Crippen LogP contribution in [0.3, 0.4) is 0 Å². The Labute approximate surface area is 327 Å². The average Bonchev–Trinajstić information content (AvgIpc) is 3.82. The first-order valence-electron chi connectivity index (χ1n) is 18.5. The Bertz CT molecular complexity index is 3120. The van der Waals surface area contributed by atoms with Crippen LogP contribution >= 0.6 is 22.6 Å². The molecule has 0 saturated carbocycles. The van der Waals surface area contributed by atoms with E-state index in [0.717, 1.165) is 43.8 Å². The third kappa shape index (κ3) is 4.95. The van der Waals surface area contributed by atoms with Gasteiger partial charge in [0.15, 0.2) is 0 Å². The molecule has 54 heavy (non-hydrogen) atoms. The van der Waals surface area contributed by atoms with Crippen molar-refractivity contribution < 1.29 is 0 Å². The minimum Gasteiger partial charge on any atom is -0.405 e. The van der Waals surface area contributed by atoms with Gasteiger partial charge in [0.25, 0.3) is 0 Å². The van der Waals surface area contributed by atoms with E-state index in [1.54, 1.807) is 6.20 Å². The molecule has 0 bridgehead atoms. The molecule has 4 nitrogen and oxygen atoms in total. The van der Waals surface area contributed by atoms with Crippen molar-refractivity contribution in [2.75, 3.05) is 0 Å². The fourth-order valence-electron chi connectivity index (χ4n) is 8.48. The van der Waals surface area contributed by atoms with Crippen LogP contribution in [0.25, 0.3) is 88.8 Å². The summed E-state index contributed by atoms with van der Waals surface area (Å²) in [7, 11) is 0. The first-order chi connectivity index (χ1) is 26.5. The van der Waals surface area contributed by atoms with Gasteiger partial charge in [-0.25, -0.2) is 0 Å². The molecule has 10 rings (SSSR count). The third-order valence-electron chi connectivity index (χ3n) is 11.0. The number of aromatic nitrogens is 3. The SMILES string of the molecule is CCc1ccc(-n2c(I)c(/C=C\N)c3cc(-c4ccccc4-n4c5ccccc5c5cc(-n6c7ccccc7c7cc(C)ccc76)ccc54)ccc32)cc1. The van der Waals surface area contributed by atoms with Gasteiger partial charge >= 0.3 is 0 Å². The highest BCUT2D eigenvalue weighted by Gasteiger charge is 2.20. The largest absolute Gasteiger partial charge is 0.405 e. The zero-order chi connectivity index (χ0) is 36.5. The van der Waals surface area contributed by atoms with Crippen LogP contribution in [-0.2, 0) is 6.42 Å².